The maximum absolute atomic E-state index is 12.0. The van der Waals surface area contributed by atoms with Gasteiger partial charge in [0.05, 0.1) is 18.3 Å². The summed E-state index contributed by atoms with van der Waals surface area (Å²) in [6.45, 7) is 1.87. The molecule has 6 heteroatoms. The standard InChI is InChI=1S/C14H18N4O2/c1-9(11-7-16-17-8-11)18-14(20)13(15)6-10-2-4-12(19)5-3-10/h2-5,7-9,13,19H,6,15H2,1H3,(H,16,17)(H,18,20)/t9?,13-/m0/s1. The third kappa shape index (κ3) is 3.58. The van der Waals surface area contributed by atoms with E-state index in [0.29, 0.717) is 6.42 Å². The zero-order valence-electron chi connectivity index (χ0n) is 11.2. The number of aromatic hydroxyl groups is 1. The molecule has 1 aromatic heterocycles. The van der Waals surface area contributed by atoms with Gasteiger partial charge in [-0.15, -0.1) is 0 Å². The molecule has 1 heterocycles. The average Bonchev–Trinajstić information content (AvgIpc) is 2.95. The van der Waals surface area contributed by atoms with Crippen LogP contribution in [0.5, 0.6) is 5.75 Å². The minimum Gasteiger partial charge on any atom is -0.508 e. The van der Waals surface area contributed by atoms with Gasteiger partial charge in [-0.1, -0.05) is 12.1 Å². The minimum atomic E-state index is -0.631. The Labute approximate surface area is 117 Å². The van der Waals surface area contributed by atoms with Crippen LogP contribution in [0.2, 0.25) is 0 Å². The fraction of sp³-hybridized carbons (Fsp3) is 0.286. The summed E-state index contributed by atoms with van der Waals surface area (Å²) in [6, 6.07) is 5.88. The molecule has 0 saturated heterocycles. The van der Waals surface area contributed by atoms with E-state index in [0.717, 1.165) is 11.1 Å². The molecule has 0 fully saturated rings. The van der Waals surface area contributed by atoms with Gasteiger partial charge < -0.3 is 16.2 Å². The topological polar surface area (TPSA) is 104 Å². The molecule has 0 aliphatic carbocycles. The van der Waals surface area contributed by atoms with Crippen LogP contribution < -0.4 is 11.1 Å². The lowest BCUT2D eigenvalue weighted by Gasteiger charge is -2.16. The van der Waals surface area contributed by atoms with Gasteiger partial charge in [-0.2, -0.15) is 5.10 Å². The third-order valence-electron chi connectivity index (χ3n) is 3.11. The molecule has 6 nitrogen and oxygen atoms in total. The van der Waals surface area contributed by atoms with E-state index in [-0.39, 0.29) is 17.7 Å². The largest absolute Gasteiger partial charge is 0.508 e. The lowest BCUT2D eigenvalue weighted by Crippen LogP contribution is -2.42. The number of benzene rings is 1. The molecule has 0 radical (unpaired) electrons. The molecule has 1 unspecified atom stereocenters. The Balaban J connectivity index is 1.90. The zero-order valence-corrected chi connectivity index (χ0v) is 11.2. The second-order valence-electron chi connectivity index (χ2n) is 4.74. The first-order chi connectivity index (χ1) is 9.56. The van der Waals surface area contributed by atoms with Crippen LogP contribution in [0.4, 0.5) is 0 Å². The van der Waals surface area contributed by atoms with Crippen LogP contribution in [0.1, 0.15) is 24.1 Å². The molecule has 2 aromatic rings. The van der Waals surface area contributed by atoms with Crippen molar-refractivity contribution < 1.29 is 9.90 Å². The molecule has 1 amide bonds. The molecule has 1 aromatic carbocycles. The lowest BCUT2D eigenvalue weighted by atomic mass is 10.1. The van der Waals surface area contributed by atoms with Gasteiger partial charge in [0, 0.05) is 11.8 Å². The monoisotopic (exact) mass is 274 g/mol. The molecule has 0 aliphatic heterocycles. The Morgan fingerprint density at radius 2 is 2.15 bits per heavy atom. The van der Waals surface area contributed by atoms with E-state index in [1.807, 2.05) is 6.92 Å². The Hall–Kier alpha value is -2.34. The van der Waals surface area contributed by atoms with Crippen molar-refractivity contribution in [2.24, 2.45) is 5.73 Å². The van der Waals surface area contributed by atoms with E-state index in [9.17, 15) is 9.90 Å². The van der Waals surface area contributed by atoms with E-state index < -0.39 is 6.04 Å². The molecule has 2 rings (SSSR count). The summed E-state index contributed by atoms with van der Waals surface area (Å²) in [5.41, 5.74) is 7.69. The van der Waals surface area contributed by atoms with E-state index in [2.05, 4.69) is 15.5 Å². The van der Waals surface area contributed by atoms with Crippen molar-refractivity contribution in [1.82, 2.24) is 15.5 Å². The summed E-state index contributed by atoms with van der Waals surface area (Å²) in [4.78, 5) is 12.0. The van der Waals surface area contributed by atoms with Crippen molar-refractivity contribution in [2.75, 3.05) is 0 Å². The van der Waals surface area contributed by atoms with Gasteiger partial charge in [0.1, 0.15) is 5.75 Å². The SMILES string of the molecule is CC(NC(=O)[C@@H](N)Cc1ccc(O)cc1)c1cn[nH]c1. The number of aromatic amines is 1. The van der Waals surface area contributed by atoms with Crippen molar-refractivity contribution >= 4 is 5.91 Å². The van der Waals surface area contributed by atoms with Crippen LogP contribution in [-0.4, -0.2) is 27.3 Å². The maximum Gasteiger partial charge on any atom is 0.237 e. The molecular formula is C14H18N4O2. The molecule has 0 aliphatic rings. The summed E-state index contributed by atoms with van der Waals surface area (Å²) in [7, 11) is 0. The summed E-state index contributed by atoms with van der Waals surface area (Å²) in [5, 5.41) is 18.6. The van der Waals surface area contributed by atoms with Crippen molar-refractivity contribution in [3.05, 3.63) is 47.8 Å². The predicted molar refractivity (Wildman–Crippen MR) is 74.9 cm³/mol. The fourth-order valence-corrected chi connectivity index (χ4v) is 1.88. The van der Waals surface area contributed by atoms with Crippen LogP contribution in [0, 0.1) is 0 Å². The summed E-state index contributed by atoms with van der Waals surface area (Å²) < 4.78 is 0. The summed E-state index contributed by atoms with van der Waals surface area (Å²) in [6.07, 6.45) is 3.82. The second-order valence-corrected chi connectivity index (χ2v) is 4.74. The number of rotatable bonds is 5. The van der Waals surface area contributed by atoms with Crippen molar-refractivity contribution in [2.45, 2.75) is 25.4 Å². The first-order valence-electron chi connectivity index (χ1n) is 6.39. The third-order valence-corrected chi connectivity index (χ3v) is 3.11. The van der Waals surface area contributed by atoms with Gasteiger partial charge in [0.25, 0.3) is 0 Å². The highest BCUT2D eigenvalue weighted by Gasteiger charge is 2.17. The van der Waals surface area contributed by atoms with E-state index in [1.54, 1.807) is 36.7 Å². The molecule has 0 saturated carbocycles. The molecular weight excluding hydrogens is 256 g/mol. The van der Waals surface area contributed by atoms with Crippen LogP contribution >= 0.6 is 0 Å². The van der Waals surface area contributed by atoms with E-state index in [4.69, 9.17) is 5.73 Å². The van der Waals surface area contributed by atoms with Crippen LogP contribution in [0.15, 0.2) is 36.7 Å². The normalized spacial score (nSPS) is 13.7. The Morgan fingerprint density at radius 3 is 2.75 bits per heavy atom. The first-order valence-corrected chi connectivity index (χ1v) is 6.39. The molecule has 0 bridgehead atoms. The zero-order chi connectivity index (χ0) is 14.5. The van der Waals surface area contributed by atoms with Gasteiger partial charge in [-0.3, -0.25) is 9.89 Å². The number of phenolic OH excluding ortho intramolecular Hbond substituents is 1. The molecule has 2 atom stereocenters. The predicted octanol–water partition coefficient (Wildman–Crippen LogP) is 0.862. The molecule has 5 N–H and O–H groups in total. The number of carbonyl (C=O) groups excluding carboxylic acids is 1. The number of H-pyrrole nitrogens is 1. The minimum absolute atomic E-state index is 0.146. The van der Waals surface area contributed by atoms with Crippen LogP contribution in [-0.2, 0) is 11.2 Å². The number of hydrogen-bond acceptors (Lipinski definition) is 4. The van der Waals surface area contributed by atoms with Gasteiger partial charge in [-0.25, -0.2) is 0 Å². The lowest BCUT2D eigenvalue weighted by molar-refractivity contribution is -0.123. The first kappa shape index (κ1) is 14.1. The maximum atomic E-state index is 12.0. The Bertz CT molecular complexity index is 551. The highest BCUT2D eigenvalue weighted by Crippen LogP contribution is 2.12. The van der Waals surface area contributed by atoms with Gasteiger partial charge >= 0.3 is 0 Å². The highest BCUT2D eigenvalue weighted by molar-refractivity contribution is 5.82. The Kier molecular flexibility index (Phi) is 4.37. The average molecular weight is 274 g/mol. The highest BCUT2D eigenvalue weighted by atomic mass is 16.3. The van der Waals surface area contributed by atoms with Gasteiger partial charge in [0.2, 0.25) is 5.91 Å². The Morgan fingerprint density at radius 1 is 1.45 bits per heavy atom. The number of phenols is 1. The van der Waals surface area contributed by atoms with Crippen LogP contribution in [0.3, 0.4) is 0 Å². The molecule has 20 heavy (non-hydrogen) atoms. The molecule has 0 spiro atoms. The number of nitrogens with zero attached hydrogens (tertiary/aromatic N) is 1. The number of amides is 1. The van der Waals surface area contributed by atoms with Crippen molar-refractivity contribution in [1.29, 1.82) is 0 Å². The summed E-state index contributed by atoms with van der Waals surface area (Å²) in [5.74, 6) is -0.0212. The molecule has 106 valence electrons. The number of nitrogens with two attached hydrogens (primary N) is 1. The van der Waals surface area contributed by atoms with Crippen molar-refractivity contribution in [3.63, 3.8) is 0 Å². The number of aromatic nitrogens is 2. The quantitative estimate of drug-likeness (QED) is 0.649. The van der Waals surface area contributed by atoms with E-state index in [1.165, 1.54) is 0 Å². The van der Waals surface area contributed by atoms with Crippen LogP contribution in [0.25, 0.3) is 0 Å². The van der Waals surface area contributed by atoms with E-state index >= 15 is 0 Å². The summed E-state index contributed by atoms with van der Waals surface area (Å²) >= 11 is 0. The number of nitrogens with one attached hydrogen (secondary N) is 2. The smallest absolute Gasteiger partial charge is 0.237 e. The fourth-order valence-electron chi connectivity index (χ4n) is 1.88. The van der Waals surface area contributed by atoms with Crippen molar-refractivity contribution in [3.8, 4) is 5.75 Å². The number of hydrogen-bond donors (Lipinski definition) is 4. The second kappa shape index (κ2) is 6.21. The number of carbonyl (C=O) groups is 1. The van der Waals surface area contributed by atoms with Gasteiger partial charge in [0.15, 0.2) is 0 Å². The van der Waals surface area contributed by atoms with Gasteiger partial charge in [-0.05, 0) is 31.0 Å².